The number of benzene rings is 2. The highest BCUT2D eigenvalue weighted by atomic mass is 35.5. The lowest BCUT2D eigenvalue weighted by Crippen LogP contribution is -2.43. The summed E-state index contributed by atoms with van der Waals surface area (Å²) in [7, 11) is 0. The first kappa shape index (κ1) is 19.5. The molecule has 3 rings (SSSR count). The van der Waals surface area contributed by atoms with Crippen molar-refractivity contribution in [1.29, 1.82) is 0 Å². The summed E-state index contributed by atoms with van der Waals surface area (Å²) in [5.74, 6) is 1.31. The molecular formula is C18H20Cl2N2O3. The Morgan fingerprint density at radius 1 is 1.24 bits per heavy atom. The minimum absolute atomic E-state index is 0. The zero-order valence-corrected chi connectivity index (χ0v) is 15.1. The summed E-state index contributed by atoms with van der Waals surface area (Å²) < 4.78 is 11.1. The van der Waals surface area contributed by atoms with Gasteiger partial charge in [-0.25, -0.2) is 0 Å². The van der Waals surface area contributed by atoms with Gasteiger partial charge >= 0.3 is 0 Å². The van der Waals surface area contributed by atoms with Crippen LogP contribution in [0, 0.1) is 0 Å². The zero-order chi connectivity index (χ0) is 16.8. The molecule has 1 atom stereocenters. The number of carbonyl (C=O) groups excluding carboxylic acids is 1. The lowest BCUT2D eigenvalue weighted by molar-refractivity contribution is -0.117. The molecule has 7 heteroatoms. The van der Waals surface area contributed by atoms with E-state index in [2.05, 4.69) is 10.6 Å². The number of hydrogen-bond donors (Lipinski definition) is 2. The van der Waals surface area contributed by atoms with E-state index >= 15 is 0 Å². The number of halogens is 2. The average molecular weight is 383 g/mol. The van der Waals surface area contributed by atoms with E-state index in [4.69, 9.17) is 21.1 Å². The predicted molar refractivity (Wildman–Crippen MR) is 101 cm³/mol. The molecule has 1 aliphatic heterocycles. The number of anilines is 1. The van der Waals surface area contributed by atoms with E-state index in [1.54, 1.807) is 24.3 Å². The largest absolute Gasteiger partial charge is 0.457 e. The summed E-state index contributed by atoms with van der Waals surface area (Å²) >= 11 is 5.93. The molecule has 0 saturated carbocycles. The number of hydrogen-bond acceptors (Lipinski definition) is 4. The molecule has 1 fully saturated rings. The summed E-state index contributed by atoms with van der Waals surface area (Å²) in [5, 5.41) is 6.76. The number of amides is 1. The van der Waals surface area contributed by atoms with Crippen LogP contribution in [0.25, 0.3) is 0 Å². The van der Waals surface area contributed by atoms with Crippen molar-refractivity contribution < 1.29 is 14.3 Å². The molecule has 0 aliphatic carbocycles. The first-order valence-corrected chi connectivity index (χ1v) is 8.21. The molecule has 0 bridgehead atoms. The topological polar surface area (TPSA) is 59.6 Å². The second-order valence-corrected chi connectivity index (χ2v) is 6.00. The van der Waals surface area contributed by atoms with Crippen molar-refractivity contribution in [2.75, 3.05) is 25.1 Å². The van der Waals surface area contributed by atoms with Crippen molar-refractivity contribution in [2.24, 2.45) is 0 Å². The average Bonchev–Trinajstić information content (AvgIpc) is 2.57. The quantitative estimate of drug-likeness (QED) is 0.823. The van der Waals surface area contributed by atoms with Gasteiger partial charge in [0.2, 0.25) is 5.91 Å². The van der Waals surface area contributed by atoms with Gasteiger partial charge in [-0.15, -0.1) is 12.4 Å². The lowest BCUT2D eigenvalue weighted by Gasteiger charge is -2.23. The highest BCUT2D eigenvalue weighted by molar-refractivity contribution is 6.30. The summed E-state index contributed by atoms with van der Waals surface area (Å²) in [6.45, 7) is 2.06. The summed E-state index contributed by atoms with van der Waals surface area (Å²) in [6, 6.07) is 14.5. The van der Waals surface area contributed by atoms with Gasteiger partial charge in [-0.3, -0.25) is 4.79 Å². The Morgan fingerprint density at radius 3 is 2.72 bits per heavy atom. The first-order valence-electron chi connectivity index (χ1n) is 7.83. The molecule has 0 radical (unpaired) electrons. The van der Waals surface area contributed by atoms with Crippen molar-refractivity contribution in [1.82, 2.24) is 5.32 Å². The molecule has 1 saturated heterocycles. The minimum atomic E-state index is -0.0403. The van der Waals surface area contributed by atoms with Gasteiger partial charge in [0.05, 0.1) is 13.2 Å². The number of carbonyl (C=O) groups is 1. The van der Waals surface area contributed by atoms with Crippen LogP contribution in [0.4, 0.5) is 5.69 Å². The standard InChI is InChI=1S/C18H19ClN2O3.ClH/c19-13-2-1-3-17(10-13)24-16-6-4-14(5-7-16)21-18(22)11-15-12-23-9-8-20-15;/h1-7,10,15,20H,8-9,11-12H2,(H,21,22);1H. The van der Waals surface area contributed by atoms with Crippen molar-refractivity contribution in [3.05, 3.63) is 53.6 Å². The van der Waals surface area contributed by atoms with E-state index in [0.29, 0.717) is 36.2 Å². The first-order chi connectivity index (χ1) is 11.7. The molecule has 2 aromatic carbocycles. The van der Waals surface area contributed by atoms with Crippen LogP contribution in [0.2, 0.25) is 5.02 Å². The SMILES string of the molecule is Cl.O=C(CC1COCCN1)Nc1ccc(Oc2cccc(Cl)c2)cc1. The molecule has 0 aromatic heterocycles. The van der Waals surface area contributed by atoms with Crippen LogP contribution in [0.1, 0.15) is 6.42 Å². The number of morpholine rings is 1. The van der Waals surface area contributed by atoms with E-state index < -0.39 is 0 Å². The zero-order valence-electron chi connectivity index (χ0n) is 13.5. The van der Waals surface area contributed by atoms with Crippen LogP contribution in [-0.4, -0.2) is 31.7 Å². The molecule has 1 unspecified atom stereocenters. The molecule has 1 aliphatic rings. The fourth-order valence-electron chi connectivity index (χ4n) is 2.46. The molecule has 5 nitrogen and oxygen atoms in total. The number of ether oxygens (including phenoxy) is 2. The predicted octanol–water partition coefficient (Wildman–Crippen LogP) is 3.87. The van der Waals surface area contributed by atoms with Gasteiger partial charge in [-0.05, 0) is 42.5 Å². The van der Waals surface area contributed by atoms with Gasteiger partial charge in [0.25, 0.3) is 0 Å². The van der Waals surface area contributed by atoms with Gasteiger partial charge in [-0.2, -0.15) is 0 Å². The van der Waals surface area contributed by atoms with Crippen LogP contribution >= 0.6 is 24.0 Å². The van der Waals surface area contributed by atoms with Gasteiger partial charge in [0, 0.05) is 29.7 Å². The smallest absolute Gasteiger partial charge is 0.226 e. The van der Waals surface area contributed by atoms with Crippen LogP contribution in [0.5, 0.6) is 11.5 Å². The maximum Gasteiger partial charge on any atom is 0.226 e. The van der Waals surface area contributed by atoms with Gasteiger partial charge in [-0.1, -0.05) is 17.7 Å². The maximum absolute atomic E-state index is 12.0. The summed E-state index contributed by atoms with van der Waals surface area (Å²) in [6.07, 6.45) is 0.390. The third-order valence-corrected chi connectivity index (χ3v) is 3.84. The molecule has 1 heterocycles. The van der Waals surface area contributed by atoms with E-state index in [1.165, 1.54) is 0 Å². The number of rotatable bonds is 5. The van der Waals surface area contributed by atoms with Crippen LogP contribution in [0.15, 0.2) is 48.5 Å². The lowest BCUT2D eigenvalue weighted by atomic mass is 10.2. The highest BCUT2D eigenvalue weighted by Crippen LogP contribution is 2.25. The van der Waals surface area contributed by atoms with Gasteiger partial charge in [0.1, 0.15) is 11.5 Å². The molecule has 0 spiro atoms. The summed E-state index contributed by atoms with van der Waals surface area (Å²) in [5.41, 5.74) is 0.732. The molecule has 134 valence electrons. The van der Waals surface area contributed by atoms with Crippen molar-refractivity contribution in [2.45, 2.75) is 12.5 Å². The minimum Gasteiger partial charge on any atom is -0.457 e. The fourth-order valence-corrected chi connectivity index (χ4v) is 2.64. The van der Waals surface area contributed by atoms with E-state index in [1.807, 2.05) is 24.3 Å². The number of nitrogens with one attached hydrogen (secondary N) is 2. The Labute approximate surface area is 158 Å². The van der Waals surface area contributed by atoms with Crippen molar-refractivity contribution in [3.8, 4) is 11.5 Å². The van der Waals surface area contributed by atoms with Gasteiger partial charge in [0.15, 0.2) is 0 Å². The Morgan fingerprint density at radius 2 is 2.04 bits per heavy atom. The highest BCUT2D eigenvalue weighted by Gasteiger charge is 2.16. The second-order valence-electron chi connectivity index (χ2n) is 5.56. The molecule has 2 aromatic rings. The fraction of sp³-hybridized carbons (Fsp3) is 0.278. The third kappa shape index (κ3) is 6.21. The monoisotopic (exact) mass is 382 g/mol. The van der Waals surface area contributed by atoms with Crippen molar-refractivity contribution >= 4 is 35.6 Å². The van der Waals surface area contributed by atoms with Crippen LogP contribution in [-0.2, 0) is 9.53 Å². The van der Waals surface area contributed by atoms with E-state index in [-0.39, 0.29) is 24.4 Å². The van der Waals surface area contributed by atoms with Crippen LogP contribution < -0.4 is 15.4 Å². The van der Waals surface area contributed by atoms with E-state index in [9.17, 15) is 4.79 Å². The third-order valence-electron chi connectivity index (χ3n) is 3.60. The molecular weight excluding hydrogens is 363 g/mol. The summed E-state index contributed by atoms with van der Waals surface area (Å²) in [4.78, 5) is 12.0. The Balaban J connectivity index is 0.00000225. The Hall–Kier alpha value is -1.79. The second kappa shape index (κ2) is 9.63. The van der Waals surface area contributed by atoms with Crippen molar-refractivity contribution in [3.63, 3.8) is 0 Å². The van der Waals surface area contributed by atoms with Crippen LogP contribution in [0.3, 0.4) is 0 Å². The van der Waals surface area contributed by atoms with Gasteiger partial charge < -0.3 is 20.1 Å². The Bertz CT molecular complexity index is 689. The molecule has 1 amide bonds. The molecule has 25 heavy (non-hydrogen) atoms. The molecule has 2 N–H and O–H groups in total. The maximum atomic E-state index is 12.0. The normalized spacial score (nSPS) is 16.6. The Kier molecular flexibility index (Phi) is 7.52. The van der Waals surface area contributed by atoms with E-state index in [0.717, 1.165) is 12.2 Å².